The van der Waals surface area contributed by atoms with Crippen molar-refractivity contribution in [2.75, 3.05) is 5.73 Å². The molecule has 0 aliphatic rings. The highest BCUT2D eigenvalue weighted by molar-refractivity contribution is 5.72. The van der Waals surface area contributed by atoms with Crippen LogP contribution in [0.5, 0.6) is 0 Å². The number of nitro groups is 1. The zero-order valence-electron chi connectivity index (χ0n) is 10.3. The average molecular weight is 262 g/mol. The molecule has 6 nitrogen and oxygen atoms in total. The van der Waals surface area contributed by atoms with Gasteiger partial charge in [-0.1, -0.05) is 0 Å². The molecule has 7 heteroatoms. The van der Waals surface area contributed by atoms with Crippen LogP contribution in [-0.2, 0) is 0 Å². The van der Waals surface area contributed by atoms with Crippen molar-refractivity contribution in [2.24, 2.45) is 0 Å². The fourth-order valence-corrected chi connectivity index (χ4v) is 1.80. The average Bonchev–Trinajstić information content (AvgIpc) is 2.31. The van der Waals surface area contributed by atoms with E-state index in [0.717, 1.165) is 0 Å². The van der Waals surface area contributed by atoms with Crippen LogP contribution in [-0.4, -0.2) is 14.9 Å². The molecule has 0 amide bonds. The Hall–Kier alpha value is -2.57. The van der Waals surface area contributed by atoms with Crippen LogP contribution in [0.1, 0.15) is 11.3 Å². The number of rotatable bonds is 2. The second-order valence-electron chi connectivity index (χ2n) is 4.09. The Balaban J connectivity index is 2.73. The fourth-order valence-electron chi connectivity index (χ4n) is 1.80. The van der Waals surface area contributed by atoms with Crippen molar-refractivity contribution in [3.05, 3.63) is 45.4 Å². The summed E-state index contributed by atoms with van der Waals surface area (Å²) < 4.78 is 13.2. The maximum Gasteiger partial charge on any atom is 0.316 e. The molecule has 0 radical (unpaired) electrons. The van der Waals surface area contributed by atoms with Crippen LogP contribution in [0.15, 0.2) is 18.2 Å². The van der Waals surface area contributed by atoms with Gasteiger partial charge in [0.05, 0.1) is 4.92 Å². The normalized spacial score (nSPS) is 10.5. The fraction of sp³-hybridized carbons (Fsp3) is 0.167. The van der Waals surface area contributed by atoms with E-state index in [-0.39, 0.29) is 28.8 Å². The maximum atomic E-state index is 13.2. The number of halogens is 1. The van der Waals surface area contributed by atoms with Crippen LogP contribution in [0.3, 0.4) is 0 Å². The van der Waals surface area contributed by atoms with E-state index in [1.165, 1.54) is 25.1 Å². The molecule has 0 unspecified atom stereocenters. The molecule has 1 heterocycles. The molecule has 0 atom stereocenters. The topological polar surface area (TPSA) is 94.9 Å². The molecule has 2 rings (SSSR count). The first-order chi connectivity index (χ1) is 8.90. The van der Waals surface area contributed by atoms with E-state index in [2.05, 4.69) is 9.97 Å². The number of benzene rings is 1. The van der Waals surface area contributed by atoms with Crippen molar-refractivity contribution < 1.29 is 9.31 Å². The number of hydrogen-bond acceptors (Lipinski definition) is 5. The minimum atomic E-state index is -0.567. The third-order valence-electron chi connectivity index (χ3n) is 2.69. The Kier molecular flexibility index (Phi) is 3.12. The van der Waals surface area contributed by atoms with Crippen molar-refractivity contribution in [3.63, 3.8) is 0 Å². The van der Waals surface area contributed by atoms with Gasteiger partial charge < -0.3 is 5.73 Å². The highest BCUT2D eigenvalue weighted by atomic mass is 19.1. The van der Waals surface area contributed by atoms with E-state index < -0.39 is 4.92 Å². The predicted octanol–water partition coefficient (Wildman–Crippen LogP) is 2.39. The summed E-state index contributed by atoms with van der Waals surface area (Å²) in [4.78, 5) is 18.2. The summed E-state index contributed by atoms with van der Waals surface area (Å²) in [7, 11) is 0. The lowest BCUT2D eigenvalue weighted by Crippen LogP contribution is -2.04. The quantitative estimate of drug-likeness (QED) is 0.662. The number of aryl methyl sites for hydroxylation is 2. The lowest BCUT2D eigenvalue weighted by Gasteiger charge is -2.06. The van der Waals surface area contributed by atoms with Crippen molar-refractivity contribution in [1.82, 2.24) is 9.97 Å². The zero-order chi connectivity index (χ0) is 14.2. The van der Waals surface area contributed by atoms with E-state index in [9.17, 15) is 14.5 Å². The standard InChI is InChI=1S/C12H11FN4O2/c1-6-5-8(3-4-9(6)13)10-11(17(18)19)7(2)15-12(14)16-10/h3-5H,1-2H3,(H2,14,15,16). The van der Waals surface area contributed by atoms with Gasteiger partial charge in [0.1, 0.15) is 11.5 Å². The lowest BCUT2D eigenvalue weighted by atomic mass is 10.1. The van der Waals surface area contributed by atoms with E-state index in [1.807, 2.05) is 0 Å². The molecule has 1 aromatic carbocycles. The summed E-state index contributed by atoms with van der Waals surface area (Å²) in [6, 6.07) is 4.15. The molecule has 0 aliphatic heterocycles. The zero-order valence-corrected chi connectivity index (χ0v) is 10.3. The Morgan fingerprint density at radius 1 is 1.32 bits per heavy atom. The molecule has 19 heavy (non-hydrogen) atoms. The van der Waals surface area contributed by atoms with E-state index in [4.69, 9.17) is 5.73 Å². The number of nitrogens with zero attached hydrogens (tertiary/aromatic N) is 3. The molecule has 1 aromatic heterocycles. The molecule has 98 valence electrons. The number of hydrogen-bond donors (Lipinski definition) is 1. The summed E-state index contributed by atoms with van der Waals surface area (Å²) in [5.41, 5.74) is 6.37. The highest BCUT2D eigenvalue weighted by Crippen LogP contribution is 2.31. The summed E-state index contributed by atoms with van der Waals surface area (Å²) in [6.45, 7) is 3.05. The van der Waals surface area contributed by atoms with Gasteiger partial charge >= 0.3 is 5.69 Å². The largest absolute Gasteiger partial charge is 0.368 e. The number of anilines is 1. The minimum absolute atomic E-state index is 0.0555. The maximum absolute atomic E-state index is 13.2. The van der Waals surface area contributed by atoms with Crippen molar-refractivity contribution in [3.8, 4) is 11.3 Å². The molecule has 2 aromatic rings. The van der Waals surface area contributed by atoms with E-state index in [1.54, 1.807) is 6.92 Å². The second-order valence-corrected chi connectivity index (χ2v) is 4.09. The lowest BCUT2D eigenvalue weighted by molar-refractivity contribution is -0.385. The smallest absolute Gasteiger partial charge is 0.316 e. The van der Waals surface area contributed by atoms with Gasteiger partial charge in [-0.25, -0.2) is 14.4 Å². The van der Waals surface area contributed by atoms with Crippen molar-refractivity contribution in [2.45, 2.75) is 13.8 Å². The summed E-state index contributed by atoms with van der Waals surface area (Å²) in [6.07, 6.45) is 0. The summed E-state index contributed by atoms with van der Waals surface area (Å²) in [5.74, 6) is -0.440. The number of nitrogens with two attached hydrogens (primary N) is 1. The van der Waals surface area contributed by atoms with Gasteiger partial charge in [-0.05, 0) is 37.6 Å². The monoisotopic (exact) mass is 262 g/mol. The first kappa shape index (κ1) is 12.9. The van der Waals surface area contributed by atoms with Crippen LogP contribution in [0.4, 0.5) is 16.0 Å². The Morgan fingerprint density at radius 2 is 2.00 bits per heavy atom. The minimum Gasteiger partial charge on any atom is -0.368 e. The van der Waals surface area contributed by atoms with Crippen LogP contribution in [0, 0.1) is 29.8 Å². The first-order valence-corrected chi connectivity index (χ1v) is 5.45. The molecule has 2 N–H and O–H groups in total. The number of nitrogen functional groups attached to an aromatic ring is 1. The molecule has 0 saturated carbocycles. The molecule has 0 bridgehead atoms. The molecular formula is C12H11FN4O2. The van der Waals surface area contributed by atoms with Gasteiger partial charge in [-0.2, -0.15) is 0 Å². The Labute approximate surface area is 108 Å². The van der Waals surface area contributed by atoms with Gasteiger partial charge in [-0.15, -0.1) is 0 Å². The van der Waals surface area contributed by atoms with Crippen LogP contribution in [0.25, 0.3) is 11.3 Å². The first-order valence-electron chi connectivity index (χ1n) is 5.45. The van der Waals surface area contributed by atoms with Gasteiger partial charge in [0, 0.05) is 5.56 Å². The number of aromatic nitrogens is 2. The molecule has 0 spiro atoms. The van der Waals surface area contributed by atoms with Gasteiger partial charge in [-0.3, -0.25) is 10.1 Å². The van der Waals surface area contributed by atoms with Crippen molar-refractivity contribution >= 4 is 11.6 Å². The van der Waals surface area contributed by atoms with Gasteiger partial charge in [0.25, 0.3) is 0 Å². The van der Waals surface area contributed by atoms with Crippen LogP contribution < -0.4 is 5.73 Å². The molecule has 0 saturated heterocycles. The second kappa shape index (κ2) is 4.60. The van der Waals surface area contributed by atoms with Gasteiger partial charge in [0.15, 0.2) is 5.69 Å². The SMILES string of the molecule is Cc1cc(-c2nc(N)nc(C)c2[N+](=O)[O-])ccc1F. The Morgan fingerprint density at radius 3 is 2.58 bits per heavy atom. The third kappa shape index (κ3) is 2.35. The molecule has 0 fully saturated rings. The summed E-state index contributed by atoms with van der Waals surface area (Å²) in [5, 5.41) is 11.1. The van der Waals surface area contributed by atoms with E-state index >= 15 is 0 Å². The molecular weight excluding hydrogens is 251 g/mol. The van der Waals surface area contributed by atoms with E-state index in [0.29, 0.717) is 11.1 Å². The molecule has 0 aliphatic carbocycles. The van der Waals surface area contributed by atoms with Crippen LogP contribution >= 0.6 is 0 Å². The Bertz CT molecular complexity index is 673. The van der Waals surface area contributed by atoms with Gasteiger partial charge in [0.2, 0.25) is 5.95 Å². The van der Waals surface area contributed by atoms with Crippen LogP contribution in [0.2, 0.25) is 0 Å². The van der Waals surface area contributed by atoms with Crippen molar-refractivity contribution in [1.29, 1.82) is 0 Å². The highest BCUT2D eigenvalue weighted by Gasteiger charge is 2.22. The summed E-state index contributed by atoms with van der Waals surface area (Å²) >= 11 is 0. The third-order valence-corrected chi connectivity index (χ3v) is 2.69. The predicted molar refractivity (Wildman–Crippen MR) is 68.0 cm³/mol.